The summed E-state index contributed by atoms with van der Waals surface area (Å²) in [6, 6.07) is 6.45. The lowest BCUT2D eigenvalue weighted by molar-refractivity contribution is -0.145. The Bertz CT molecular complexity index is 708. The molecule has 4 N–H and O–H groups in total. The van der Waals surface area contributed by atoms with Crippen molar-refractivity contribution in [3.05, 3.63) is 36.0 Å². The number of esters is 1. The maximum atomic E-state index is 12.4. The van der Waals surface area contributed by atoms with E-state index in [1.807, 2.05) is 44.3 Å². The monoisotopic (exact) mass is 331 g/mol. The highest BCUT2D eigenvalue weighted by Crippen LogP contribution is 2.18. The highest BCUT2D eigenvalue weighted by atomic mass is 16.5. The fourth-order valence-corrected chi connectivity index (χ4v) is 2.74. The van der Waals surface area contributed by atoms with E-state index in [0.29, 0.717) is 12.8 Å². The molecule has 130 valence electrons. The summed E-state index contributed by atoms with van der Waals surface area (Å²) in [5, 5.41) is 3.76. The Morgan fingerprint density at radius 3 is 2.67 bits per heavy atom. The molecule has 0 aliphatic carbocycles. The fourth-order valence-electron chi connectivity index (χ4n) is 2.74. The molecule has 1 aromatic heterocycles. The second-order valence-corrected chi connectivity index (χ2v) is 6.38. The molecule has 1 heterocycles. The Labute approximate surface area is 141 Å². The Balaban J connectivity index is 2.04. The Morgan fingerprint density at radius 1 is 1.29 bits per heavy atom. The number of H-pyrrole nitrogens is 1. The number of carbonyl (C=O) groups excluding carboxylic acids is 2. The first-order valence-corrected chi connectivity index (χ1v) is 8.11. The van der Waals surface area contributed by atoms with Crippen LogP contribution in [0.2, 0.25) is 0 Å². The van der Waals surface area contributed by atoms with Gasteiger partial charge in [-0.15, -0.1) is 0 Å². The highest BCUT2D eigenvalue weighted by molar-refractivity contribution is 5.89. The number of hydrogen-bond donors (Lipinski definition) is 3. The van der Waals surface area contributed by atoms with Gasteiger partial charge in [0.2, 0.25) is 5.91 Å². The third-order valence-electron chi connectivity index (χ3n) is 3.96. The largest absolute Gasteiger partial charge is 0.467 e. The number of para-hydroxylation sites is 1. The van der Waals surface area contributed by atoms with Crippen LogP contribution >= 0.6 is 0 Å². The number of rotatable bonds is 7. The minimum absolute atomic E-state index is 0.249. The van der Waals surface area contributed by atoms with Gasteiger partial charge in [-0.05, 0) is 30.4 Å². The predicted molar refractivity (Wildman–Crippen MR) is 93.4 cm³/mol. The van der Waals surface area contributed by atoms with Crippen LogP contribution in [0.25, 0.3) is 10.9 Å². The number of nitrogens with two attached hydrogens (primary N) is 1. The molecule has 0 saturated carbocycles. The number of hydrogen-bond acceptors (Lipinski definition) is 4. The van der Waals surface area contributed by atoms with Gasteiger partial charge in [0.05, 0.1) is 13.2 Å². The van der Waals surface area contributed by atoms with Crippen molar-refractivity contribution in [3.8, 4) is 0 Å². The minimum Gasteiger partial charge on any atom is -0.467 e. The number of aromatic amines is 1. The quantitative estimate of drug-likeness (QED) is 0.673. The van der Waals surface area contributed by atoms with E-state index >= 15 is 0 Å². The molecule has 2 rings (SSSR count). The second-order valence-electron chi connectivity index (χ2n) is 6.38. The number of ether oxygens (including phenoxy) is 1. The van der Waals surface area contributed by atoms with E-state index in [9.17, 15) is 9.59 Å². The maximum absolute atomic E-state index is 12.4. The highest BCUT2D eigenvalue weighted by Gasteiger charge is 2.25. The van der Waals surface area contributed by atoms with Crippen LogP contribution in [0.5, 0.6) is 0 Å². The van der Waals surface area contributed by atoms with Crippen molar-refractivity contribution in [2.75, 3.05) is 7.11 Å². The van der Waals surface area contributed by atoms with Crippen molar-refractivity contribution in [2.24, 2.45) is 11.7 Å². The molecular formula is C18H25N3O3. The van der Waals surface area contributed by atoms with Gasteiger partial charge in [-0.25, -0.2) is 4.79 Å². The third kappa shape index (κ3) is 4.35. The summed E-state index contributed by atoms with van der Waals surface area (Å²) >= 11 is 0. The maximum Gasteiger partial charge on any atom is 0.328 e. The van der Waals surface area contributed by atoms with E-state index in [1.165, 1.54) is 7.11 Å². The molecule has 0 aliphatic heterocycles. The summed E-state index contributed by atoms with van der Waals surface area (Å²) in [6.45, 7) is 3.96. The topological polar surface area (TPSA) is 97.2 Å². The molecule has 0 radical (unpaired) electrons. The van der Waals surface area contributed by atoms with Crippen LogP contribution < -0.4 is 11.1 Å². The summed E-state index contributed by atoms with van der Waals surface area (Å²) in [5.74, 6) is -0.549. The van der Waals surface area contributed by atoms with Crippen molar-refractivity contribution in [3.63, 3.8) is 0 Å². The first kappa shape index (κ1) is 18.0. The average molecular weight is 331 g/mol. The Morgan fingerprint density at radius 2 is 2.00 bits per heavy atom. The SMILES string of the molecule is COC(=O)[C@H](CC(C)C)NC(=O)[C@@H](N)Cc1c[nH]c2ccccc12. The molecule has 0 spiro atoms. The lowest BCUT2D eigenvalue weighted by atomic mass is 10.0. The Hall–Kier alpha value is -2.34. The van der Waals surface area contributed by atoms with E-state index in [2.05, 4.69) is 10.3 Å². The van der Waals surface area contributed by atoms with Crippen molar-refractivity contribution in [2.45, 2.75) is 38.8 Å². The van der Waals surface area contributed by atoms with Gasteiger partial charge in [-0.3, -0.25) is 4.79 Å². The zero-order valence-electron chi connectivity index (χ0n) is 14.3. The molecule has 24 heavy (non-hydrogen) atoms. The van der Waals surface area contributed by atoms with Crippen molar-refractivity contribution in [1.29, 1.82) is 0 Å². The minimum atomic E-state index is -0.733. The lowest BCUT2D eigenvalue weighted by Gasteiger charge is -2.20. The van der Waals surface area contributed by atoms with Crippen LogP contribution in [0, 0.1) is 5.92 Å². The van der Waals surface area contributed by atoms with Crippen molar-refractivity contribution < 1.29 is 14.3 Å². The van der Waals surface area contributed by atoms with Crippen LogP contribution in [0.4, 0.5) is 0 Å². The van der Waals surface area contributed by atoms with E-state index < -0.39 is 18.1 Å². The molecule has 2 aromatic rings. The van der Waals surface area contributed by atoms with Gasteiger partial charge in [0.15, 0.2) is 0 Å². The fraction of sp³-hybridized carbons (Fsp3) is 0.444. The van der Waals surface area contributed by atoms with Gasteiger partial charge in [-0.1, -0.05) is 32.0 Å². The summed E-state index contributed by atoms with van der Waals surface area (Å²) in [4.78, 5) is 27.3. The first-order chi connectivity index (χ1) is 11.4. The predicted octanol–water partition coefficient (Wildman–Crippen LogP) is 1.74. The summed E-state index contributed by atoms with van der Waals surface area (Å²) in [5.41, 5.74) is 8.03. The molecule has 0 fully saturated rings. The smallest absolute Gasteiger partial charge is 0.328 e. The number of carbonyl (C=O) groups is 2. The van der Waals surface area contributed by atoms with Crippen molar-refractivity contribution in [1.82, 2.24) is 10.3 Å². The van der Waals surface area contributed by atoms with Crippen LogP contribution in [-0.4, -0.2) is 36.1 Å². The van der Waals surface area contributed by atoms with Crippen LogP contribution in [-0.2, 0) is 20.7 Å². The molecular weight excluding hydrogens is 306 g/mol. The van der Waals surface area contributed by atoms with Gasteiger partial charge in [0.1, 0.15) is 6.04 Å². The zero-order valence-corrected chi connectivity index (χ0v) is 14.3. The molecule has 6 heteroatoms. The lowest BCUT2D eigenvalue weighted by Crippen LogP contribution is -2.49. The van der Waals surface area contributed by atoms with E-state index in [0.717, 1.165) is 16.5 Å². The molecule has 1 amide bonds. The normalized spacial score (nSPS) is 13.7. The Kier molecular flexibility index (Phi) is 5.98. The van der Waals surface area contributed by atoms with Crippen LogP contribution in [0.1, 0.15) is 25.8 Å². The number of benzene rings is 1. The zero-order chi connectivity index (χ0) is 17.7. The number of fused-ring (bicyclic) bond motifs is 1. The number of aromatic nitrogens is 1. The number of amides is 1. The molecule has 0 bridgehead atoms. The standard InChI is InChI=1S/C18H25N3O3/c1-11(2)8-16(18(23)24-3)21-17(22)14(19)9-12-10-20-15-7-5-4-6-13(12)15/h4-7,10-11,14,16,20H,8-9,19H2,1-3H3,(H,21,22)/t14-,16-/m0/s1. The van der Waals surface area contributed by atoms with E-state index in [4.69, 9.17) is 10.5 Å². The van der Waals surface area contributed by atoms with Gasteiger partial charge < -0.3 is 20.8 Å². The van der Waals surface area contributed by atoms with Gasteiger partial charge in [-0.2, -0.15) is 0 Å². The second kappa shape index (κ2) is 7.97. The molecule has 2 atom stereocenters. The van der Waals surface area contributed by atoms with Gasteiger partial charge >= 0.3 is 5.97 Å². The molecule has 0 saturated heterocycles. The number of methoxy groups -OCH3 is 1. The van der Waals surface area contributed by atoms with Crippen molar-refractivity contribution >= 4 is 22.8 Å². The summed E-state index contributed by atoms with van der Waals surface area (Å²) in [6.07, 6.45) is 2.77. The third-order valence-corrected chi connectivity index (χ3v) is 3.96. The van der Waals surface area contributed by atoms with Crippen LogP contribution in [0.15, 0.2) is 30.5 Å². The molecule has 0 aliphatic rings. The average Bonchev–Trinajstić information content (AvgIpc) is 2.96. The van der Waals surface area contributed by atoms with E-state index in [1.54, 1.807) is 0 Å². The first-order valence-electron chi connectivity index (χ1n) is 8.11. The van der Waals surface area contributed by atoms with E-state index in [-0.39, 0.29) is 11.8 Å². The van der Waals surface area contributed by atoms with Crippen LogP contribution in [0.3, 0.4) is 0 Å². The van der Waals surface area contributed by atoms with Gasteiger partial charge in [0, 0.05) is 17.1 Å². The summed E-state index contributed by atoms with van der Waals surface area (Å²) < 4.78 is 4.76. The van der Waals surface area contributed by atoms with Gasteiger partial charge in [0.25, 0.3) is 0 Å². The summed E-state index contributed by atoms with van der Waals surface area (Å²) in [7, 11) is 1.31. The molecule has 1 aromatic carbocycles. The number of nitrogens with one attached hydrogen (secondary N) is 2. The molecule has 6 nitrogen and oxygen atoms in total. The molecule has 0 unspecified atom stereocenters.